The van der Waals surface area contributed by atoms with E-state index in [2.05, 4.69) is 20.9 Å². The van der Waals surface area contributed by atoms with E-state index in [-0.39, 0.29) is 161 Å². The van der Waals surface area contributed by atoms with Crippen molar-refractivity contribution in [1.82, 2.24) is 29.9 Å². The molecule has 2 aromatic heterocycles. The monoisotopic (exact) mass is 1310 g/mol. The van der Waals surface area contributed by atoms with E-state index in [1.54, 1.807) is 38.4 Å². The molecule has 18 nitrogen and oxygen atoms in total. The van der Waals surface area contributed by atoms with Crippen molar-refractivity contribution >= 4 is 110 Å². The molecule has 0 bridgehead atoms. The highest BCUT2D eigenvalue weighted by Gasteiger charge is 2.28. The minimum Gasteiger partial charge on any atom is -0.447 e. The number of hydrogen-bond acceptors (Lipinski definition) is 12. The number of carbonyl (C=O) groups excluding carboxylic acids is 6. The minimum atomic E-state index is -0.839. The number of ether oxygens (including phenoxy) is 2. The van der Waals surface area contributed by atoms with Gasteiger partial charge in [-0.3, -0.25) is 29.8 Å². The summed E-state index contributed by atoms with van der Waals surface area (Å²) in [6.45, 7) is 2.47. The summed E-state index contributed by atoms with van der Waals surface area (Å²) < 4.78 is 75.9. The number of likely N-dealkylation sites (N-methyl/N-ethyl adjacent to an activating group) is 2. The second-order valence-electron chi connectivity index (χ2n) is 20.3. The maximum atomic E-state index is 13.8. The van der Waals surface area contributed by atoms with Crippen molar-refractivity contribution in [1.29, 1.82) is 0 Å². The zero-order valence-corrected chi connectivity index (χ0v) is 52.3. The smallest absolute Gasteiger partial charge is 0.412 e. The van der Waals surface area contributed by atoms with Crippen LogP contribution >= 0.6 is 62.6 Å². The number of aryl methyl sites for hydroxylation is 2. The van der Waals surface area contributed by atoms with Gasteiger partial charge in [-0.2, -0.15) is 27.0 Å². The third kappa shape index (κ3) is 22.3. The second kappa shape index (κ2) is 36.4. The fourth-order valence-electron chi connectivity index (χ4n) is 9.54. The van der Waals surface area contributed by atoms with Crippen LogP contribution in [0.5, 0.6) is 0 Å². The molecule has 0 aliphatic carbocycles. The van der Waals surface area contributed by atoms with Crippen LogP contribution in [0.3, 0.4) is 0 Å². The Hall–Kier alpha value is -6.99. The Kier molecular flexibility index (Phi) is 30.3. The first-order chi connectivity index (χ1) is 40.4. The third-order valence-corrected chi connectivity index (χ3v) is 15.3. The molecule has 0 unspecified atom stereocenters. The van der Waals surface area contributed by atoms with Crippen molar-refractivity contribution in [3.63, 3.8) is 0 Å². The molecule has 2 atom stereocenters. The van der Waals surface area contributed by atoms with E-state index in [4.69, 9.17) is 41.7 Å². The van der Waals surface area contributed by atoms with Crippen LogP contribution in [0, 0.1) is 23.3 Å². The lowest BCUT2D eigenvalue weighted by molar-refractivity contribution is -0.136. The number of carbonyl (C=O) groups is 6. The number of benzene rings is 4. The lowest BCUT2D eigenvalue weighted by atomic mass is 10.1. The van der Waals surface area contributed by atoms with Crippen molar-refractivity contribution < 1.29 is 64.8 Å². The molecule has 87 heavy (non-hydrogen) atoms. The third-order valence-electron chi connectivity index (χ3n) is 14.5. The number of nitrogens with one attached hydrogen (secondary N) is 2. The summed E-state index contributed by atoms with van der Waals surface area (Å²) in [5.74, 6) is -1.94. The Bertz CT molecular complexity index is 3020. The number of anilines is 2. The van der Waals surface area contributed by atoms with Gasteiger partial charge in [-0.15, -0.1) is 12.4 Å². The number of likely N-dealkylation sites (tertiary alicyclic amines) is 2. The number of amides is 6. The standard InChI is InChI=1S/2C30H33ClF2N4O5.ClH.2H2S/c2*1-36(27(38)13-11-20-7-6-10-24(33)29(20)31)23(12-14-28(39)37-15-3-2-4-16-37)19-41-30(40)34-26-18-25(42-35-26)21-8-5-9-22(32)17-21;;;/h2*5-10,17-18,23H,2-4,11-16,19H2,1H3,(H,34,35,40);1H;2*1H2/t2*23-;;;/m00.../s1. The first-order valence-corrected chi connectivity index (χ1v) is 28.4. The average Bonchev–Trinajstić information content (AvgIpc) is 4.21. The lowest BCUT2D eigenvalue weighted by Crippen LogP contribution is -2.42. The van der Waals surface area contributed by atoms with E-state index >= 15 is 0 Å². The minimum absolute atomic E-state index is 0. The van der Waals surface area contributed by atoms with E-state index in [1.165, 1.54) is 82.6 Å². The maximum absolute atomic E-state index is 13.8. The zero-order chi connectivity index (χ0) is 60.1. The Morgan fingerprint density at radius 1 is 0.552 bits per heavy atom. The van der Waals surface area contributed by atoms with Crippen LogP contribution in [0.15, 0.2) is 106 Å². The van der Waals surface area contributed by atoms with Gasteiger partial charge in [-0.1, -0.05) is 82.0 Å². The normalized spacial score (nSPS) is 13.4. The van der Waals surface area contributed by atoms with E-state index < -0.39 is 47.5 Å². The highest BCUT2D eigenvalue weighted by Crippen LogP contribution is 2.27. The lowest BCUT2D eigenvalue weighted by Gasteiger charge is -2.30. The summed E-state index contributed by atoms with van der Waals surface area (Å²) in [6, 6.07) is 22.0. The number of aromatic nitrogens is 2. The van der Waals surface area contributed by atoms with Crippen molar-refractivity contribution in [3.05, 3.63) is 142 Å². The van der Waals surface area contributed by atoms with Gasteiger partial charge in [0.05, 0.1) is 22.1 Å². The Balaban J connectivity index is 0.000000360. The highest BCUT2D eigenvalue weighted by atomic mass is 35.5. The molecule has 0 spiro atoms. The van der Waals surface area contributed by atoms with Crippen LogP contribution in [-0.2, 0) is 41.5 Å². The van der Waals surface area contributed by atoms with Crippen LogP contribution in [0.2, 0.25) is 10.0 Å². The van der Waals surface area contributed by atoms with E-state index in [0.29, 0.717) is 48.4 Å². The first kappa shape index (κ1) is 72.5. The molecule has 27 heteroatoms. The molecule has 2 aliphatic rings. The summed E-state index contributed by atoms with van der Waals surface area (Å²) >= 11 is 12.1. The van der Waals surface area contributed by atoms with Gasteiger partial charge < -0.3 is 38.1 Å². The Morgan fingerprint density at radius 2 is 0.920 bits per heavy atom. The molecule has 0 saturated carbocycles. The molecular weight excluding hydrogens is 1240 g/mol. The molecule has 6 amide bonds. The zero-order valence-electron chi connectivity index (χ0n) is 48.0. The fraction of sp³-hybridized carbons (Fsp3) is 0.400. The van der Waals surface area contributed by atoms with Gasteiger partial charge in [0.25, 0.3) is 0 Å². The molecule has 2 aliphatic heterocycles. The number of piperidine rings is 2. The SMILES string of the molecule is CN(C(=O)CCc1cccc(F)c1Cl)[C@@H](CCC(=O)N1CCCCC1)COC(=O)Nc1cc(-c2cccc(F)c2)on1.CN(C(=O)CCc1cccc(F)c1Cl)[C@@H](CCC(=O)N1CCCCC1)COC(=O)Nc1cc(-c2cccc(F)c2)on1.Cl.S.S. The molecule has 8 rings (SSSR count). The quantitative estimate of drug-likeness (QED) is 0.0608. The average molecular weight is 1310 g/mol. The van der Waals surface area contributed by atoms with E-state index in [0.717, 1.165) is 38.5 Å². The van der Waals surface area contributed by atoms with Crippen molar-refractivity contribution in [2.24, 2.45) is 0 Å². The topological polar surface area (TPSA) is 210 Å². The van der Waals surface area contributed by atoms with Crippen LogP contribution in [0.25, 0.3) is 22.6 Å². The Morgan fingerprint density at radius 3 is 1.29 bits per heavy atom. The van der Waals surface area contributed by atoms with Gasteiger partial charge in [0, 0.05) is 89.2 Å². The highest BCUT2D eigenvalue weighted by molar-refractivity contribution is 7.59. The molecule has 472 valence electrons. The summed E-state index contributed by atoms with van der Waals surface area (Å²) in [5, 5.41) is 12.4. The molecule has 4 aromatic carbocycles. The van der Waals surface area contributed by atoms with Gasteiger partial charge in [-0.05, 0) is 112 Å². The molecule has 4 heterocycles. The summed E-state index contributed by atoms with van der Waals surface area (Å²) in [7, 11) is 3.16. The molecule has 0 radical (unpaired) electrons. The number of hydrogen-bond donors (Lipinski definition) is 2. The summed E-state index contributed by atoms with van der Waals surface area (Å²) in [5.41, 5.74) is 1.91. The molecular formula is C60H71Cl3F4N8O10S2. The molecule has 2 fully saturated rings. The van der Waals surface area contributed by atoms with Gasteiger partial charge >= 0.3 is 12.2 Å². The predicted molar refractivity (Wildman–Crippen MR) is 334 cm³/mol. The molecule has 2 saturated heterocycles. The van der Waals surface area contributed by atoms with Crippen LogP contribution in [0.4, 0.5) is 38.8 Å². The van der Waals surface area contributed by atoms with Gasteiger partial charge in [0.15, 0.2) is 23.2 Å². The predicted octanol–water partition coefficient (Wildman–Crippen LogP) is 12.8. The number of halogens is 7. The second-order valence-corrected chi connectivity index (χ2v) is 21.1. The van der Waals surface area contributed by atoms with Crippen LogP contribution < -0.4 is 10.6 Å². The summed E-state index contributed by atoms with van der Waals surface area (Å²) in [4.78, 5) is 83.5. The first-order valence-electron chi connectivity index (χ1n) is 27.7. The van der Waals surface area contributed by atoms with Crippen molar-refractivity contribution in [2.45, 2.75) is 102 Å². The summed E-state index contributed by atoms with van der Waals surface area (Å²) in [6.07, 6.45) is 5.81. The van der Waals surface area contributed by atoms with Crippen LogP contribution in [0.1, 0.15) is 88.2 Å². The Labute approximate surface area is 532 Å². The largest absolute Gasteiger partial charge is 0.447 e. The van der Waals surface area contributed by atoms with Gasteiger partial charge in [0.1, 0.15) is 36.5 Å². The van der Waals surface area contributed by atoms with Gasteiger partial charge in [-0.25, -0.2) is 27.2 Å². The number of nitrogens with zero attached hydrogens (tertiary/aromatic N) is 6. The van der Waals surface area contributed by atoms with Crippen molar-refractivity contribution in [3.8, 4) is 22.6 Å². The van der Waals surface area contributed by atoms with Crippen LogP contribution in [-0.4, -0.2) is 131 Å². The van der Waals surface area contributed by atoms with Gasteiger partial charge in [0.2, 0.25) is 23.6 Å². The van der Waals surface area contributed by atoms with E-state index in [1.807, 2.05) is 9.80 Å². The molecule has 2 N–H and O–H groups in total. The fourth-order valence-corrected chi connectivity index (χ4v) is 9.98. The van der Waals surface area contributed by atoms with E-state index in [9.17, 15) is 46.3 Å². The molecule has 6 aromatic rings. The number of rotatable bonds is 22. The van der Waals surface area contributed by atoms with Crippen molar-refractivity contribution in [2.75, 3.05) is 64.1 Å². The maximum Gasteiger partial charge on any atom is 0.412 e.